The molecule has 0 unspecified atom stereocenters. The first-order chi connectivity index (χ1) is 6.83. The quantitative estimate of drug-likeness (QED) is 0.557. The smallest absolute Gasteiger partial charge is 0.220 e. The third-order valence-corrected chi connectivity index (χ3v) is 2.10. The highest BCUT2D eigenvalue weighted by molar-refractivity contribution is 6.17. The molecule has 14 heavy (non-hydrogen) atoms. The molecule has 0 spiro atoms. The zero-order valence-electron chi connectivity index (χ0n) is 7.92. The van der Waals surface area contributed by atoms with Gasteiger partial charge in [0.15, 0.2) is 0 Å². The normalized spacial score (nSPS) is 10.1. The number of H-pyrrole nitrogens is 1. The van der Waals surface area contributed by atoms with Gasteiger partial charge in [-0.05, 0) is 12.8 Å². The summed E-state index contributed by atoms with van der Waals surface area (Å²) >= 11 is 5.50. The minimum atomic E-state index is 0.0660. The van der Waals surface area contributed by atoms with Crippen LogP contribution in [0.25, 0.3) is 0 Å². The number of carbonyl (C=O) groups is 1. The Morgan fingerprint density at radius 2 is 2.43 bits per heavy atom. The van der Waals surface area contributed by atoms with Gasteiger partial charge in [0.05, 0.1) is 6.20 Å². The molecule has 0 saturated carbocycles. The minimum Gasteiger partial charge on any atom is -0.352 e. The third-order valence-electron chi connectivity index (χ3n) is 1.83. The van der Waals surface area contributed by atoms with E-state index >= 15 is 0 Å². The summed E-state index contributed by atoms with van der Waals surface area (Å²) in [5.41, 5.74) is 0.982. The standard InChI is InChI=1S/C9H14ClN3O/c10-4-2-1-3-9(14)11-5-8-6-12-13-7-8/h6-7H,1-5H2,(H,11,14)(H,12,13). The van der Waals surface area contributed by atoms with Crippen LogP contribution in [-0.2, 0) is 11.3 Å². The van der Waals surface area contributed by atoms with Crippen molar-refractivity contribution in [3.8, 4) is 0 Å². The number of carbonyl (C=O) groups excluding carboxylic acids is 1. The summed E-state index contributed by atoms with van der Waals surface area (Å²) in [6.45, 7) is 0.538. The summed E-state index contributed by atoms with van der Waals surface area (Å²) in [4.78, 5) is 11.2. The molecule has 1 heterocycles. The van der Waals surface area contributed by atoms with Crippen molar-refractivity contribution in [2.75, 3.05) is 5.88 Å². The molecule has 0 saturated heterocycles. The molecule has 0 aliphatic heterocycles. The highest BCUT2D eigenvalue weighted by Gasteiger charge is 2.00. The predicted octanol–water partition coefficient (Wildman–Crippen LogP) is 1.44. The Balaban J connectivity index is 2.09. The molecule has 2 N–H and O–H groups in total. The van der Waals surface area contributed by atoms with Gasteiger partial charge in [0.25, 0.3) is 0 Å². The average Bonchev–Trinajstić information content (AvgIpc) is 2.68. The molecule has 78 valence electrons. The van der Waals surface area contributed by atoms with Crippen molar-refractivity contribution in [3.63, 3.8) is 0 Å². The molecule has 0 fully saturated rings. The largest absolute Gasteiger partial charge is 0.352 e. The molecule has 1 amide bonds. The number of hydrogen-bond donors (Lipinski definition) is 2. The van der Waals surface area contributed by atoms with Crippen molar-refractivity contribution in [2.45, 2.75) is 25.8 Å². The van der Waals surface area contributed by atoms with Gasteiger partial charge < -0.3 is 5.32 Å². The lowest BCUT2D eigenvalue weighted by Gasteiger charge is -2.02. The van der Waals surface area contributed by atoms with E-state index in [-0.39, 0.29) is 5.91 Å². The molecule has 0 aliphatic carbocycles. The fourth-order valence-electron chi connectivity index (χ4n) is 1.04. The zero-order valence-corrected chi connectivity index (χ0v) is 8.68. The van der Waals surface area contributed by atoms with E-state index < -0.39 is 0 Å². The minimum absolute atomic E-state index is 0.0660. The van der Waals surface area contributed by atoms with Gasteiger partial charge in [0, 0.05) is 30.6 Å². The Morgan fingerprint density at radius 1 is 1.57 bits per heavy atom. The van der Waals surface area contributed by atoms with Crippen LogP contribution in [-0.4, -0.2) is 22.0 Å². The number of nitrogens with one attached hydrogen (secondary N) is 2. The lowest BCUT2D eigenvalue weighted by Crippen LogP contribution is -2.22. The van der Waals surface area contributed by atoms with Crippen LogP contribution in [0, 0.1) is 0 Å². The second kappa shape index (κ2) is 6.43. The molecular formula is C9H14ClN3O. The second-order valence-electron chi connectivity index (χ2n) is 3.03. The maximum atomic E-state index is 11.2. The Hall–Kier alpha value is -1.03. The maximum absolute atomic E-state index is 11.2. The van der Waals surface area contributed by atoms with Crippen LogP contribution in [0.4, 0.5) is 0 Å². The molecule has 1 aromatic rings. The van der Waals surface area contributed by atoms with E-state index in [9.17, 15) is 4.79 Å². The van der Waals surface area contributed by atoms with E-state index in [0.29, 0.717) is 18.8 Å². The van der Waals surface area contributed by atoms with Crippen molar-refractivity contribution in [1.82, 2.24) is 15.5 Å². The van der Waals surface area contributed by atoms with Crippen molar-refractivity contribution >= 4 is 17.5 Å². The van der Waals surface area contributed by atoms with Crippen LogP contribution in [0.15, 0.2) is 12.4 Å². The lowest BCUT2D eigenvalue weighted by molar-refractivity contribution is -0.121. The molecule has 0 aliphatic rings. The van der Waals surface area contributed by atoms with Crippen molar-refractivity contribution in [2.24, 2.45) is 0 Å². The number of aromatic nitrogens is 2. The van der Waals surface area contributed by atoms with E-state index in [4.69, 9.17) is 11.6 Å². The van der Waals surface area contributed by atoms with Crippen LogP contribution < -0.4 is 5.32 Å². The first kappa shape index (κ1) is 11.0. The van der Waals surface area contributed by atoms with Gasteiger partial charge in [-0.3, -0.25) is 9.89 Å². The predicted molar refractivity (Wildman–Crippen MR) is 55.0 cm³/mol. The summed E-state index contributed by atoms with van der Waals surface area (Å²) < 4.78 is 0. The van der Waals surface area contributed by atoms with Crippen LogP contribution in [0.3, 0.4) is 0 Å². The number of rotatable bonds is 6. The second-order valence-corrected chi connectivity index (χ2v) is 3.41. The number of amides is 1. The number of hydrogen-bond acceptors (Lipinski definition) is 2. The molecular weight excluding hydrogens is 202 g/mol. The number of aromatic amines is 1. The Morgan fingerprint density at radius 3 is 3.07 bits per heavy atom. The van der Waals surface area contributed by atoms with E-state index in [1.54, 1.807) is 12.4 Å². The molecule has 0 aromatic carbocycles. The molecule has 0 radical (unpaired) electrons. The fourth-order valence-corrected chi connectivity index (χ4v) is 1.23. The first-order valence-electron chi connectivity index (χ1n) is 4.63. The molecule has 0 atom stereocenters. The van der Waals surface area contributed by atoms with Gasteiger partial charge in [-0.15, -0.1) is 11.6 Å². The van der Waals surface area contributed by atoms with Gasteiger partial charge in [-0.2, -0.15) is 5.10 Å². The Kier molecular flexibility index (Phi) is 5.07. The molecule has 5 heteroatoms. The number of alkyl halides is 1. The van der Waals surface area contributed by atoms with Gasteiger partial charge in [0.1, 0.15) is 0 Å². The molecule has 1 rings (SSSR count). The molecule has 0 bridgehead atoms. The van der Waals surface area contributed by atoms with E-state index in [1.807, 2.05) is 0 Å². The van der Waals surface area contributed by atoms with Crippen molar-refractivity contribution in [3.05, 3.63) is 18.0 Å². The maximum Gasteiger partial charge on any atom is 0.220 e. The van der Waals surface area contributed by atoms with E-state index in [1.165, 1.54) is 0 Å². The van der Waals surface area contributed by atoms with Crippen LogP contribution in [0.5, 0.6) is 0 Å². The van der Waals surface area contributed by atoms with Gasteiger partial charge in [0.2, 0.25) is 5.91 Å². The molecule has 4 nitrogen and oxygen atoms in total. The molecule has 1 aromatic heterocycles. The van der Waals surface area contributed by atoms with Gasteiger partial charge >= 0.3 is 0 Å². The van der Waals surface area contributed by atoms with Gasteiger partial charge in [-0.1, -0.05) is 0 Å². The van der Waals surface area contributed by atoms with Crippen LogP contribution in [0.2, 0.25) is 0 Å². The lowest BCUT2D eigenvalue weighted by atomic mass is 10.2. The summed E-state index contributed by atoms with van der Waals surface area (Å²) in [5, 5.41) is 9.27. The summed E-state index contributed by atoms with van der Waals surface area (Å²) in [7, 11) is 0. The fraction of sp³-hybridized carbons (Fsp3) is 0.556. The topological polar surface area (TPSA) is 57.8 Å². The highest BCUT2D eigenvalue weighted by Crippen LogP contribution is 1.98. The average molecular weight is 216 g/mol. The van der Waals surface area contributed by atoms with Crippen molar-refractivity contribution in [1.29, 1.82) is 0 Å². The number of unbranched alkanes of at least 4 members (excludes halogenated alkanes) is 1. The number of nitrogens with zero attached hydrogens (tertiary/aromatic N) is 1. The van der Waals surface area contributed by atoms with Crippen LogP contribution >= 0.6 is 11.6 Å². The van der Waals surface area contributed by atoms with E-state index in [0.717, 1.165) is 18.4 Å². The van der Waals surface area contributed by atoms with Crippen molar-refractivity contribution < 1.29 is 4.79 Å². The summed E-state index contributed by atoms with van der Waals surface area (Å²) in [5.74, 6) is 0.686. The van der Waals surface area contributed by atoms with E-state index in [2.05, 4.69) is 15.5 Å². The summed E-state index contributed by atoms with van der Waals surface area (Å²) in [6, 6.07) is 0. The SMILES string of the molecule is O=C(CCCCCl)NCc1cn[nH]c1. The Labute approximate surface area is 88.0 Å². The van der Waals surface area contributed by atoms with Gasteiger partial charge in [-0.25, -0.2) is 0 Å². The summed E-state index contributed by atoms with van der Waals surface area (Å²) in [6.07, 6.45) is 5.74. The Bertz CT molecular complexity index is 261. The third kappa shape index (κ3) is 4.28. The number of halogens is 1. The van der Waals surface area contributed by atoms with Crippen LogP contribution in [0.1, 0.15) is 24.8 Å². The first-order valence-corrected chi connectivity index (χ1v) is 5.16. The zero-order chi connectivity index (χ0) is 10.2. The monoisotopic (exact) mass is 215 g/mol. The highest BCUT2D eigenvalue weighted by atomic mass is 35.5.